The van der Waals surface area contributed by atoms with Crippen LogP contribution in [0, 0.1) is 13.8 Å². The van der Waals surface area contributed by atoms with E-state index in [1.165, 1.54) is 5.56 Å². The molecule has 0 aromatic heterocycles. The number of rotatable bonds is 6. The summed E-state index contributed by atoms with van der Waals surface area (Å²) in [6.07, 6.45) is 0. The average molecular weight is 439 g/mol. The first kappa shape index (κ1) is 28.9. The van der Waals surface area contributed by atoms with Crippen LogP contribution >= 0.6 is 0 Å². The fourth-order valence-corrected chi connectivity index (χ4v) is 2.27. The van der Waals surface area contributed by atoms with Gasteiger partial charge in [-0.05, 0) is 55.8 Å². The Bertz CT molecular complexity index is 851. The zero-order valence-corrected chi connectivity index (χ0v) is 20.8. The Morgan fingerprint density at radius 2 is 1.06 bits per heavy atom. The highest BCUT2D eigenvalue weighted by Crippen LogP contribution is 2.19. The van der Waals surface area contributed by atoms with Gasteiger partial charge in [-0.2, -0.15) is 4.89 Å². The van der Waals surface area contributed by atoms with E-state index < -0.39 is 5.97 Å². The van der Waals surface area contributed by atoms with E-state index in [1.807, 2.05) is 91.8 Å². The number of hydrogen-bond acceptors (Lipinski definition) is 4. The van der Waals surface area contributed by atoms with Crippen molar-refractivity contribution in [1.82, 2.24) is 0 Å². The zero-order chi connectivity index (χ0) is 24.4. The van der Waals surface area contributed by atoms with E-state index >= 15 is 0 Å². The second kappa shape index (κ2) is 17.6. The van der Waals surface area contributed by atoms with E-state index in [4.69, 9.17) is 14.5 Å². The number of carbonyl (C=O) groups excluding carboxylic acids is 1. The van der Waals surface area contributed by atoms with Crippen LogP contribution in [0.4, 0.5) is 0 Å². The van der Waals surface area contributed by atoms with Crippen molar-refractivity contribution in [3.05, 3.63) is 95.1 Å². The predicted octanol–water partition coefficient (Wildman–Crippen LogP) is 8.11. The molecule has 0 unspecified atom stereocenters. The van der Waals surface area contributed by atoms with Gasteiger partial charge in [-0.15, -0.1) is 0 Å². The lowest BCUT2D eigenvalue weighted by Gasteiger charge is -2.07. The smallest absolute Gasteiger partial charge is 0.343 e. The van der Waals surface area contributed by atoms with Gasteiger partial charge in [0.1, 0.15) is 12.4 Å². The van der Waals surface area contributed by atoms with Gasteiger partial charge in [0.25, 0.3) is 0 Å². The number of carbonyl (C=O) groups is 1. The van der Waals surface area contributed by atoms with Crippen molar-refractivity contribution in [3.8, 4) is 11.5 Å². The first-order valence-corrected chi connectivity index (χ1v) is 11.3. The Kier molecular flexibility index (Phi) is 15.9. The van der Waals surface area contributed by atoms with Gasteiger partial charge in [0.2, 0.25) is 0 Å². The summed E-state index contributed by atoms with van der Waals surface area (Å²) in [7, 11) is 0. The molecular weight excluding hydrogens is 400 g/mol. The summed E-state index contributed by atoms with van der Waals surface area (Å²) in [5, 5.41) is 0. The van der Waals surface area contributed by atoms with E-state index in [9.17, 15) is 4.79 Å². The van der Waals surface area contributed by atoms with Gasteiger partial charge < -0.3 is 9.62 Å². The van der Waals surface area contributed by atoms with Gasteiger partial charge >= 0.3 is 5.97 Å². The summed E-state index contributed by atoms with van der Waals surface area (Å²) < 4.78 is 5.34. The van der Waals surface area contributed by atoms with Crippen molar-refractivity contribution in [2.75, 3.05) is 0 Å². The molecule has 3 rings (SSSR count). The molecule has 0 aliphatic rings. The van der Waals surface area contributed by atoms with Crippen molar-refractivity contribution in [3.63, 3.8) is 0 Å². The van der Waals surface area contributed by atoms with Crippen LogP contribution in [-0.4, -0.2) is 5.97 Å². The van der Waals surface area contributed by atoms with E-state index in [0.29, 0.717) is 23.7 Å². The molecule has 0 bridgehead atoms. The average Bonchev–Trinajstić information content (AvgIpc) is 2.86. The van der Waals surface area contributed by atoms with Crippen molar-refractivity contribution in [2.45, 2.75) is 62.0 Å². The normalized spacial score (nSPS) is 9.00. The zero-order valence-electron chi connectivity index (χ0n) is 20.8. The molecule has 0 spiro atoms. The number of hydrogen-bond donors (Lipinski definition) is 0. The number of aryl methyl sites for hydroxylation is 2. The van der Waals surface area contributed by atoms with Crippen LogP contribution in [0.3, 0.4) is 0 Å². The molecule has 0 radical (unpaired) electrons. The molecule has 0 saturated heterocycles. The van der Waals surface area contributed by atoms with E-state index in [0.717, 1.165) is 11.1 Å². The standard InChI is InChI=1S/C22H20O4.3C2H6/c1-16-3-7-18(8-4-16)15-24-26-21-13-11-20(12-14-21)25-22(23)19-9-5-17(2)6-10-19;3*1-2/h3-14H,15H2,1-2H3;3*1-2H3. The highest BCUT2D eigenvalue weighted by atomic mass is 17.2. The van der Waals surface area contributed by atoms with Gasteiger partial charge in [0.05, 0.1) is 5.56 Å². The molecule has 0 aliphatic carbocycles. The quantitative estimate of drug-likeness (QED) is 0.169. The molecule has 0 aliphatic heterocycles. The van der Waals surface area contributed by atoms with Crippen LogP contribution in [0.1, 0.15) is 68.6 Å². The third-order valence-electron chi connectivity index (χ3n) is 3.82. The molecule has 0 amide bonds. The van der Waals surface area contributed by atoms with E-state index in [1.54, 1.807) is 36.4 Å². The summed E-state index contributed by atoms with van der Waals surface area (Å²) in [6.45, 7) is 16.4. The molecule has 174 valence electrons. The third-order valence-corrected chi connectivity index (χ3v) is 3.82. The summed E-state index contributed by atoms with van der Waals surface area (Å²) in [4.78, 5) is 22.6. The highest BCUT2D eigenvalue weighted by molar-refractivity contribution is 5.91. The SMILES string of the molecule is CC.CC.CC.Cc1ccc(COOc2ccc(OC(=O)c3ccc(C)cc3)cc2)cc1. The molecule has 0 N–H and O–H groups in total. The second-order valence-corrected chi connectivity index (χ2v) is 6.06. The van der Waals surface area contributed by atoms with Crippen LogP contribution < -0.4 is 9.62 Å². The van der Waals surface area contributed by atoms with E-state index in [2.05, 4.69) is 0 Å². The Labute approximate surface area is 194 Å². The van der Waals surface area contributed by atoms with E-state index in [-0.39, 0.29) is 0 Å². The van der Waals surface area contributed by atoms with Gasteiger partial charge in [0.15, 0.2) is 5.75 Å². The molecule has 3 aromatic rings. The molecular formula is C28H38O4. The maximum atomic E-state index is 12.1. The van der Waals surface area contributed by atoms with Gasteiger partial charge in [0, 0.05) is 0 Å². The predicted molar refractivity (Wildman–Crippen MR) is 133 cm³/mol. The van der Waals surface area contributed by atoms with Crippen molar-refractivity contribution >= 4 is 5.97 Å². The number of benzene rings is 3. The third kappa shape index (κ3) is 10.8. The van der Waals surface area contributed by atoms with Gasteiger partial charge in [-0.25, -0.2) is 4.79 Å². The van der Waals surface area contributed by atoms with Gasteiger partial charge in [-0.3, -0.25) is 0 Å². The fraction of sp³-hybridized carbons (Fsp3) is 0.321. The second-order valence-electron chi connectivity index (χ2n) is 6.06. The lowest BCUT2D eigenvalue weighted by molar-refractivity contribution is -0.217. The number of ether oxygens (including phenoxy) is 1. The first-order valence-electron chi connectivity index (χ1n) is 11.3. The minimum Gasteiger partial charge on any atom is -0.423 e. The summed E-state index contributed by atoms with van der Waals surface area (Å²) in [5.74, 6) is 0.586. The van der Waals surface area contributed by atoms with Crippen LogP contribution in [0.15, 0.2) is 72.8 Å². The lowest BCUT2D eigenvalue weighted by Crippen LogP contribution is -2.08. The van der Waals surface area contributed by atoms with Crippen LogP contribution in [0.2, 0.25) is 0 Å². The van der Waals surface area contributed by atoms with Crippen LogP contribution in [0.25, 0.3) is 0 Å². The summed E-state index contributed by atoms with van der Waals surface area (Å²) in [5.41, 5.74) is 3.83. The topological polar surface area (TPSA) is 44.8 Å². The Morgan fingerprint density at radius 1 is 0.625 bits per heavy atom. The van der Waals surface area contributed by atoms with Crippen LogP contribution in [-0.2, 0) is 11.5 Å². The molecule has 0 fully saturated rings. The maximum absolute atomic E-state index is 12.1. The highest BCUT2D eigenvalue weighted by Gasteiger charge is 2.08. The minimum absolute atomic E-state index is 0.352. The molecule has 4 heteroatoms. The molecule has 3 aromatic carbocycles. The molecule has 4 nitrogen and oxygen atoms in total. The fourth-order valence-electron chi connectivity index (χ4n) is 2.27. The van der Waals surface area contributed by atoms with Crippen molar-refractivity contribution in [1.29, 1.82) is 0 Å². The Hall–Kier alpha value is -3.11. The molecule has 0 heterocycles. The Morgan fingerprint density at radius 3 is 1.56 bits per heavy atom. The molecule has 32 heavy (non-hydrogen) atoms. The van der Waals surface area contributed by atoms with Gasteiger partial charge in [-0.1, -0.05) is 89.1 Å². The maximum Gasteiger partial charge on any atom is 0.343 e. The Balaban J connectivity index is 0.00000148. The lowest BCUT2D eigenvalue weighted by atomic mass is 10.1. The van der Waals surface area contributed by atoms with Crippen molar-refractivity contribution in [2.24, 2.45) is 0 Å². The monoisotopic (exact) mass is 438 g/mol. The van der Waals surface area contributed by atoms with Crippen molar-refractivity contribution < 1.29 is 19.3 Å². The molecule has 0 saturated carbocycles. The molecule has 0 atom stereocenters. The minimum atomic E-state index is -0.394. The largest absolute Gasteiger partial charge is 0.423 e. The summed E-state index contributed by atoms with van der Waals surface area (Å²) in [6, 6.07) is 22.0. The van der Waals surface area contributed by atoms with Crippen LogP contribution in [0.5, 0.6) is 11.5 Å². The first-order chi connectivity index (χ1) is 15.6. The number of esters is 1. The summed E-state index contributed by atoms with van der Waals surface area (Å²) >= 11 is 0.